The molecule has 0 unspecified atom stereocenters. The second-order valence-electron chi connectivity index (χ2n) is 4.79. The molecule has 0 saturated carbocycles. The van der Waals surface area contributed by atoms with Gasteiger partial charge in [0.05, 0.1) is 6.42 Å². The van der Waals surface area contributed by atoms with Gasteiger partial charge in [0, 0.05) is 0 Å². The van der Waals surface area contributed by atoms with Crippen LogP contribution in [0.3, 0.4) is 0 Å². The van der Waals surface area contributed by atoms with Crippen molar-refractivity contribution in [1.29, 1.82) is 0 Å². The summed E-state index contributed by atoms with van der Waals surface area (Å²) in [5.41, 5.74) is 4.60. The van der Waals surface area contributed by atoms with E-state index in [0.717, 1.165) is 30.4 Å². The molecule has 100 valence electrons. The number of carboxylic acid groups (broad SMARTS) is 1. The molecule has 0 fully saturated rings. The maximum Gasteiger partial charge on any atom is 0.307 e. The zero-order valence-corrected chi connectivity index (χ0v) is 11.8. The van der Waals surface area contributed by atoms with Gasteiger partial charge in [-0.2, -0.15) is 0 Å². The minimum atomic E-state index is -0.775. The van der Waals surface area contributed by atoms with Crippen LogP contribution in [0.1, 0.15) is 46.5 Å². The van der Waals surface area contributed by atoms with E-state index >= 15 is 0 Å². The number of rotatable bonds is 8. The summed E-state index contributed by atoms with van der Waals surface area (Å²) >= 11 is 0. The predicted molar refractivity (Wildman–Crippen MR) is 77.6 cm³/mol. The van der Waals surface area contributed by atoms with Crippen molar-refractivity contribution < 1.29 is 9.90 Å². The minimum Gasteiger partial charge on any atom is -0.481 e. The monoisotopic (exact) mass is 248 g/mol. The van der Waals surface area contributed by atoms with Crippen LogP contribution in [0.4, 0.5) is 0 Å². The summed E-state index contributed by atoms with van der Waals surface area (Å²) in [7, 11) is 0. The van der Waals surface area contributed by atoms with Gasteiger partial charge in [-0.05, 0) is 40.0 Å². The van der Waals surface area contributed by atoms with Gasteiger partial charge < -0.3 is 5.11 Å². The topological polar surface area (TPSA) is 37.3 Å². The molecule has 0 heterocycles. The molecule has 2 nitrogen and oxygen atoms in total. The Hall–Kier alpha value is -1.57. The van der Waals surface area contributed by atoms with Gasteiger partial charge >= 0.3 is 5.97 Å². The second kappa shape index (κ2) is 8.51. The average Bonchev–Trinajstić information content (AvgIpc) is 2.26. The second-order valence-corrected chi connectivity index (χ2v) is 4.79. The molecule has 0 aromatic carbocycles. The van der Waals surface area contributed by atoms with Crippen molar-refractivity contribution >= 4 is 5.97 Å². The van der Waals surface area contributed by atoms with E-state index in [-0.39, 0.29) is 6.42 Å². The molecule has 0 aromatic rings. The lowest BCUT2D eigenvalue weighted by Crippen LogP contribution is -1.95. The molecule has 2 heteroatoms. The van der Waals surface area contributed by atoms with Crippen LogP contribution < -0.4 is 0 Å². The van der Waals surface area contributed by atoms with E-state index in [9.17, 15) is 4.79 Å². The first kappa shape index (κ1) is 16.4. The molecule has 0 saturated heterocycles. The SMILES string of the molecule is C=CC(=C)CCC(CC=C(C)CC(=O)O)=C(C)C. The molecule has 1 N–H and O–H groups in total. The summed E-state index contributed by atoms with van der Waals surface area (Å²) in [5, 5.41) is 8.69. The first-order valence-electron chi connectivity index (χ1n) is 6.19. The fraction of sp³-hybridized carbons (Fsp3) is 0.438. The Morgan fingerprint density at radius 1 is 1.22 bits per heavy atom. The molecular weight excluding hydrogens is 224 g/mol. The highest BCUT2D eigenvalue weighted by Gasteiger charge is 2.02. The Kier molecular flexibility index (Phi) is 7.77. The van der Waals surface area contributed by atoms with Crippen molar-refractivity contribution in [2.75, 3.05) is 0 Å². The lowest BCUT2D eigenvalue weighted by molar-refractivity contribution is -0.136. The molecule has 0 atom stereocenters. The number of carboxylic acids is 1. The summed E-state index contributed by atoms with van der Waals surface area (Å²) in [5.74, 6) is -0.775. The van der Waals surface area contributed by atoms with E-state index in [4.69, 9.17) is 5.11 Å². The summed E-state index contributed by atoms with van der Waals surface area (Å²) in [4.78, 5) is 10.6. The van der Waals surface area contributed by atoms with Gasteiger partial charge in [0.15, 0.2) is 0 Å². The lowest BCUT2D eigenvalue weighted by atomic mass is 9.98. The van der Waals surface area contributed by atoms with E-state index in [1.165, 1.54) is 11.1 Å². The number of hydrogen-bond donors (Lipinski definition) is 1. The van der Waals surface area contributed by atoms with Gasteiger partial charge in [-0.1, -0.05) is 47.6 Å². The Balaban J connectivity index is 4.48. The van der Waals surface area contributed by atoms with E-state index in [1.807, 2.05) is 13.0 Å². The molecule has 0 aromatic heterocycles. The highest BCUT2D eigenvalue weighted by molar-refractivity contribution is 5.69. The zero-order valence-electron chi connectivity index (χ0n) is 11.8. The predicted octanol–water partition coefficient (Wildman–Crippen LogP) is 4.66. The van der Waals surface area contributed by atoms with Crippen molar-refractivity contribution in [3.8, 4) is 0 Å². The maximum atomic E-state index is 10.6. The molecular formula is C16H24O2. The van der Waals surface area contributed by atoms with Crippen molar-refractivity contribution in [2.45, 2.75) is 46.5 Å². The smallest absolute Gasteiger partial charge is 0.307 e. The van der Waals surface area contributed by atoms with Crippen molar-refractivity contribution in [2.24, 2.45) is 0 Å². The van der Waals surface area contributed by atoms with Crippen LogP contribution in [0, 0.1) is 0 Å². The summed E-state index contributed by atoms with van der Waals surface area (Å²) < 4.78 is 0. The third-order valence-corrected chi connectivity index (χ3v) is 2.87. The molecule has 0 aliphatic heterocycles. The van der Waals surface area contributed by atoms with Crippen LogP contribution in [0.2, 0.25) is 0 Å². The van der Waals surface area contributed by atoms with Crippen molar-refractivity contribution in [1.82, 2.24) is 0 Å². The molecule has 0 amide bonds. The molecule has 0 rings (SSSR count). The summed E-state index contributed by atoms with van der Waals surface area (Å²) in [6.07, 6.45) is 6.61. The maximum absolute atomic E-state index is 10.6. The quantitative estimate of drug-likeness (QED) is 0.501. The Morgan fingerprint density at radius 2 is 1.83 bits per heavy atom. The van der Waals surface area contributed by atoms with Gasteiger partial charge in [0.25, 0.3) is 0 Å². The number of hydrogen-bond acceptors (Lipinski definition) is 1. The lowest BCUT2D eigenvalue weighted by Gasteiger charge is -2.08. The van der Waals surface area contributed by atoms with Gasteiger partial charge in [0.2, 0.25) is 0 Å². The summed E-state index contributed by atoms with van der Waals surface area (Å²) in [6.45, 7) is 13.6. The highest BCUT2D eigenvalue weighted by Crippen LogP contribution is 2.19. The standard InChI is InChI=1S/C16H24O2/c1-6-13(4)7-9-15(12(2)3)10-8-14(5)11-16(17)18/h6,8H,1,4,7,9-11H2,2-3,5H3,(H,17,18). The van der Waals surface area contributed by atoms with Crippen LogP contribution in [-0.2, 0) is 4.79 Å². The molecule has 0 bridgehead atoms. The molecule has 0 spiro atoms. The van der Waals surface area contributed by atoms with Gasteiger partial charge in [0.1, 0.15) is 0 Å². The average molecular weight is 248 g/mol. The van der Waals surface area contributed by atoms with E-state index < -0.39 is 5.97 Å². The first-order chi connectivity index (χ1) is 8.36. The minimum absolute atomic E-state index is 0.120. The Bertz CT molecular complexity index is 380. The van der Waals surface area contributed by atoms with E-state index in [1.54, 1.807) is 6.08 Å². The zero-order chi connectivity index (χ0) is 14.1. The molecule has 0 radical (unpaired) electrons. The van der Waals surface area contributed by atoms with Crippen molar-refractivity contribution in [3.63, 3.8) is 0 Å². The molecule has 18 heavy (non-hydrogen) atoms. The van der Waals surface area contributed by atoms with Crippen LogP contribution in [0.5, 0.6) is 0 Å². The fourth-order valence-electron chi connectivity index (χ4n) is 1.58. The fourth-order valence-corrected chi connectivity index (χ4v) is 1.58. The van der Waals surface area contributed by atoms with Gasteiger partial charge in [-0.3, -0.25) is 4.79 Å². The highest BCUT2D eigenvalue weighted by atomic mass is 16.4. The third kappa shape index (κ3) is 7.66. The van der Waals surface area contributed by atoms with Crippen LogP contribution in [0.25, 0.3) is 0 Å². The summed E-state index contributed by atoms with van der Waals surface area (Å²) in [6, 6.07) is 0. The van der Waals surface area contributed by atoms with Crippen LogP contribution >= 0.6 is 0 Å². The van der Waals surface area contributed by atoms with E-state index in [0.29, 0.717) is 0 Å². The first-order valence-corrected chi connectivity index (χ1v) is 6.19. The van der Waals surface area contributed by atoms with Crippen LogP contribution in [-0.4, -0.2) is 11.1 Å². The van der Waals surface area contributed by atoms with Gasteiger partial charge in [-0.15, -0.1) is 0 Å². The van der Waals surface area contributed by atoms with Crippen molar-refractivity contribution in [3.05, 3.63) is 47.6 Å². The third-order valence-electron chi connectivity index (χ3n) is 2.87. The normalized spacial score (nSPS) is 10.9. The van der Waals surface area contributed by atoms with Crippen LogP contribution in [0.15, 0.2) is 47.6 Å². The number of aliphatic carboxylic acids is 1. The number of carbonyl (C=O) groups is 1. The largest absolute Gasteiger partial charge is 0.481 e. The molecule has 0 aliphatic carbocycles. The Labute approximate surface area is 110 Å². The molecule has 0 aliphatic rings. The van der Waals surface area contributed by atoms with Gasteiger partial charge in [-0.25, -0.2) is 0 Å². The Morgan fingerprint density at radius 3 is 2.28 bits per heavy atom. The van der Waals surface area contributed by atoms with E-state index in [2.05, 4.69) is 27.0 Å². The number of allylic oxidation sites excluding steroid dienone is 5.